The molecule has 186 valence electrons. The number of nitrogens with zero attached hydrogens (tertiary/aromatic N) is 3. The number of ether oxygens (including phenoxy) is 1. The highest BCUT2D eigenvalue weighted by molar-refractivity contribution is 6.39. The highest BCUT2D eigenvalue weighted by atomic mass is 35.5. The number of aliphatic hydroxyl groups is 1. The summed E-state index contributed by atoms with van der Waals surface area (Å²) in [4.78, 5) is 23.5. The van der Waals surface area contributed by atoms with Crippen molar-refractivity contribution in [1.29, 1.82) is 0 Å². The van der Waals surface area contributed by atoms with Crippen LogP contribution < -0.4 is 20.3 Å². The highest BCUT2D eigenvalue weighted by Crippen LogP contribution is 2.30. The van der Waals surface area contributed by atoms with Crippen molar-refractivity contribution in [3.05, 3.63) is 69.3 Å². The molecule has 2 amide bonds. The largest absolute Gasteiger partial charge is 0.497 e. The highest BCUT2D eigenvalue weighted by Gasteiger charge is 2.25. The Balaban J connectivity index is 1.93. The Labute approximate surface area is 219 Å². The van der Waals surface area contributed by atoms with E-state index in [-0.39, 0.29) is 18.5 Å². The fourth-order valence-corrected chi connectivity index (χ4v) is 3.93. The van der Waals surface area contributed by atoms with E-state index >= 15 is 0 Å². The third-order valence-corrected chi connectivity index (χ3v) is 6.22. The van der Waals surface area contributed by atoms with Gasteiger partial charge in [-0.1, -0.05) is 34.8 Å². The van der Waals surface area contributed by atoms with Gasteiger partial charge in [0.15, 0.2) is 0 Å². The van der Waals surface area contributed by atoms with Crippen molar-refractivity contribution in [1.82, 2.24) is 15.3 Å². The summed E-state index contributed by atoms with van der Waals surface area (Å²) in [6, 6.07) is 10.8. The van der Waals surface area contributed by atoms with Gasteiger partial charge in [0.2, 0.25) is 5.95 Å². The second kappa shape index (κ2) is 11.3. The fourth-order valence-electron chi connectivity index (χ4n) is 2.98. The van der Waals surface area contributed by atoms with Gasteiger partial charge in [-0.05, 0) is 57.2 Å². The minimum absolute atomic E-state index is 0.0618. The summed E-state index contributed by atoms with van der Waals surface area (Å²) in [6.45, 7) is 5.23. The zero-order chi connectivity index (χ0) is 25.8. The third kappa shape index (κ3) is 6.89. The number of halogens is 3. The van der Waals surface area contributed by atoms with Crippen molar-refractivity contribution in [2.75, 3.05) is 17.3 Å². The first kappa shape index (κ1) is 26.8. The van der Waals surface area contributed by atoms with Crippen LogP contribution in [0.2, 0.25) is 15.1 Å². The van der Waals surface area contributed by atoms with Gasteiger partial charge in [0, 0.05) is 39.4 Å². The summed E-state index contributed by atoms with van der Waals surface area (Å²) < 4.78 is 5.23. The first-order chi connectivity index (χ1) is 16.5. The zero-order valence-corrected chi connectivity index (χ0v) is 21.9. The summed E-state index contributed by atoms with van der Waals surface area (Å²) in [7, 11) is 1.56. The molecule has 0 saturated carbocycles. The number of benzene rings is 2. The maximum absolute atomic E-state index is 13.4. The van der Waals surface area contributed by atoms with E-state index in [0.29, 0.717) is 37.9 Å². The van der Waals surface area contributed by atoms with Gasteiger partial charge in [0.25, 0.3) is 0 Å². The third-order valence-electron chi connectivity index (χ3n) is 5.33. The number of rotatable bonds is 8. The maximum Gasteiger partial charge on any atom is 0.327 e. The van der Waals surface area contributed by atoms with E-state index in [1.807, 2.05) is 6.92 Å². The van der Waals surface area contributed by atoms with Gasteiger partial charge in [-0.15, -0.1) is 0 Å². The lowest BCUT2D eigenvalue weighted by Gasteiger charge is -2.27. The lowest BCUT2D eigenvalue weighted by Crippen LogP contribution is -2.40. The van der Waals surface area contributed by atoms with E-state index in [1.165, 1.54) is 11.1 Å². The van der Waals surface area contributed by atoms with E-state index < -0.39 is 11.6 Å². The first-order valence-corrected chi connectivity index (χ1v) is 11.8. The van der Waals surface area contributed by atoms with E-state index in [1.54, 1.807) is 63.4 Å². The number of hydrogen-bond donors (Lipinski definition) is 3. The standard InChI is InChI=1S/C24H26Cl3N5O3/c1-14(24(2,3)34)30-22-28-10-9-21(31-22)32(16-5-7-17(35-4)8-6-16)23(33)29-13-18-19(26)11-15(25)12-20(18)27/h5-12,14,34H,13H2,1-4H3,(H,29,33)(H,28,30,31). The monoisotopic (exact) mass is 537 g/mol. The predicted molar refractivity (Wildman–Crippen MR) is 140 cm³/mol. The summed E-state index contributed by atoms with van der Waals surface area (Å²) in [6.07, 6.45) is 1.53. The van der Waals surface area contributed by atoms with Crippen LogP contribution in [0.15, 0.2) is 48.7 Å². The SMILES string of the molecule is COc1ccc(N(C(=O)NCc2c(Cl)cc(Cl)cc2Cl)c2ccnc(NC(C)C(C)(C)O)n2)cc1. The number of carbonyl (C=O) groups is 1. The first-order valence-electron chi connectivity index (χ1n) is 10.7. The number of carbonyl (C=O) groups excluding carboxylic acids is 1. The minimum Gasteiger partial charge on any atom is -0.497 e. The van der Waals surface area contributed by atoms with Gasteiger partial charge < -0.3 is 20.5 Å². The topological polar surface area (TPSA) is 99.6 Å². The molecule has 1 heterocycles. The number of hydrogen-bond acceptors (Lipinski definition) is 6. The molecule has 0 bridgehead atoms. The van der Waals surface area contributed by atoms with Crippen LogP contribution in [0.4, 0.5) is 22.2 Å². The molecule has 1 atom stereocenters. The van der Waals surface area contributed by atoms with Crippen molar-refractivity contribution < 1.29 is 14.6 Å². The Bertz CT molecular complexity index is 1160. The Morgan fingerprint density at radius 3 is 2.34 bits per heavy atom. The molecule has 1 unspecified atom stereocenters. The number of methoxy groups -OCH3 is 1. The minimum atomic E-state index is -1.01. The van der Waals surface area contributed by atoms with Crippen LogP contribution in [0.25, 0.3) is 0 Å². The van der Waals surface area contributed by atoms with Crippen molar-refractivity contribution in [2.45, 2.75) is 39.0 Å². The molecule has 0 aliphatic carbocycles. The average Bonchev–Trinajstić information content (AvgIpc) is 2.78. The van der Waals surface area contributed by atoms with Crippen LogP contribution in [0.1, 0.15) is 26.3 Å². The molecule has 0 aliphatic rings. The number of urea groups is 1. The Morgan fingerprint density at radius 2 is 1.77 bits per heavy atom. The second-order valence-electron chi connectivity index (χ2n) is 8.30. The predicted octanol–water partition coefficient (Wildman–Crippen LogP) is 6.06. The summed E-state index contributed by atoms with van der Waals surface area (Å²) in [5.41, 5.74) is 0.0605. The molecule has 3 aromatic rings. The van der Waals surface area contributed by atoms with Crippen molar-refractivity contribution in [2.24, 2.45) is 0 Å². The molecule has 0 aliphatic heterocycles. The lowest BCUT2D eigenvalue weighted by molar-refractivity contribution is 0.0646. The van der Waals surface area contributed by atoms with Crippen LogP contribution in [-0.4, -0.2) is 39.9 Å². The van der Waals surface area contributed by atoms with Crippen LogP contribution in [0, 0.1) is 0 Å². The van der Waals surface area contributed by atoms with E-state index in [2.05, 4.69) is 20.6 Å². The molecule has 3 rings (SSSR count). The average molecular weight is 539 g/mol. The van der Waals surface area contributed by atoms with Crippen LogP contribution in [-0.2, 0) is 6.54 Å². The molecular weight excluding hydrogens is 513 g/mol. The van der Waals surface area contributed by atoms with Gasteiger partial charge in [0.1, 0.15) is 11.6 Å². The van der Waals surface area contributed by atoms with Gasteiger partial charge in [-0.25, -0.2) is 14.7 Å². The molecule has 8 nitrogen and oxygen atoms in total. The molecule has 11 heteroatoms. The van der Waals surface area contributed by atoms with E-state index in [4.69, 9.17) is 39.5 Å². The number of nitrogens with one attached hydrogen (secondary N) is 2. The molecular formula is C24H26Cl3N5O3. The van der Waals surface area contributed by atoms with Crippen LogP contribution >= 0.6 is 34.8 Å². The molecule has 35 heavy (non-hydrogen) atoms. The number of aromatic nitrogens is 2. The summed E-state index contributed by atoms with van der Waals surface area (Å²) in [5, 5.41) is 17.2. The lowest BCUT2D eigenvalue weighted by atomic mass is 10.0. The molecule has 0 fully saturated rings. The van der Waals surface area contributed by atoms with Crippen molar-refractivity contribution in [3.63, 3.8) is 0 Å². The zero-order valence-electron chi connectivity index (χ0n) is 19.6. The molecule has 0 radical (unpaired) electrons. The smallest absolute Gasteiger partial charge is 0.327 e. The quantitative estimate of drug-likeness (QED) is 0.322. The van der Waals surface area contributed by atoms with Crippen molar-refractivity contribution >= 4 is 58.3 Å². The Hall–Kier alpha value is -2.78. The summed E-state index contributed by atoms with van der Waals surface area (Å²) in [5.74, 6) is 1.20. The second-order valence-corrected chi connectivity index (χ2v) is 9.55. The Morgan fingerprint density at radius 1 is 1.14 bits per heavy atom. The summed E-state index contributed by atoms with van der Waals surface area (Å²) >= 11 is 18.5. The fraction of sp³-hybridized carbons (Fsp3) is 0.292. The van der Waals surface area contributed by atoms with Gasteiger partial charge >= 0.3 is 6.03 Å². The molecule has 0 saturated heterocycles. The van der Waals surface area contributed by atoms with E-state index in [9.17, 15) is 9.90 Å². The maximum atomic E-state index is 13.4. The van der Waals surface area contributed by atoms with E-state index in [0.717, 1.165) is 0 Å². The molecule has 2 aromatic carbocycles. The molecule has 1 aromatic heterocycles. The van der Waals surface area contributed by atoms with Crippen molar-refractivity contribution in [3.8, 4) is 5.75 Å². The molecule has 0 spiro atoms. The number of amides is 2. The van der Waals surface area contributed by atoms with Crippen LogP contribution in [0.3, 0.4) is 0 Å². The normalized spacial score (nSPS) is 12.1. The van der Waals surface area contributed by atoms with Gasteiger partial charge in [0.05, 0.1) is 24.4 Å². The molecule has 3 N–H and O–H groups in total. The Kier molecular flexibility index (Phi) is 8.66. The van der Waals surface area contributed by atoms with Crippen LogP contribution in [0.5, 0.6) is 5.75 Å². The van der Waals surface area contributed by atoms with Gasteiger partial charge in [-0.3, -0.25) is 0 Å². The van der Waals surface area contributed by atoms with Gasteiger partial charge in [-0.2, -0.15) is 4.98 Å². The number of anilines is 3.